The van der Waals surface area contributed by atoms with Gasteiger partial charge in [0.25, 0.3) is 0 Å². The Morgan fingerprint density at radius 3 is 2.80 bits per heavy atom. The van der Waals surface area contributed by atoms with Crippen LogP contribution in [0.25, 0.3) is 0 Å². The third-order valence-electron chi connectivity index (χ3n) is 0.851. The molecule has 0 atom stereocenters. The summed E-state index contributed by atoms with van der Waals surface area (Å²) in [5.74, 6) is 4.28. The smallest absolute Gasteiger partial charge is 0.235 e. The fraction of sp³-hybridized carbons (Fsp3) is 0.500. The number of nitrogens with zero attached hydrogens (tertiary/aromatic N) is 1. The lowest BCUT2D eigenvalue weighted by Crippen LogP contribution is -2.33. The van der Waals surface area contributed by atoms with E-state index in [2.05, 4.69) is 0 Å². The number of rotatable bonds is 4. The zero-order valence-electron chi connectivity index (χ0n) is 5.28. The predicted octanol–water partition coefficient (Wildman–Crippen LogP) is -1.79. The van der Waals surface area contributed by atoms with Gasteiger partial charge in [-0.05, 0) is 0 Å². The molecule has 0 aliphatic rings. The highest BCUT2D eigenvalue weighted by Gasteiger charge is 2.00. The van der Waals surface area contributed by atoms with Gasteiger partial charge < -0.3 is 0 Å². The second kappa shape index (κ2) is 4.71. The summed E-state index contributed by atoms with van der Waals surface area (Å²) < 4.78 is 0. The second-order valence-electron chi connectivity index (χ2n) is 1.59. The zero-order valence-corrected chi connectivity index (χ0v) is 5.28. The van der Waals surface area contributed by atoms with Crippen molar-refractivity contribution in [2.75, 3.05) is 6.54 Å². The first-order chi connectivity index (χ1) is 4.70. The van der Waals surface area contributed by atoms with Gasteiger partial charge in [0.1, 0.15) is 0 Å². The molecule has 6 heteroatoms. The van der Waals surface area contributed by atoms with Gasteiger partial charge in [-0.25, -0.2) is 10.9 Å². The highest BCUT2D eigenvalue weighted by molar-refractivity contribution is 5.75. The third-order valence-corrected chi connectivity index (χ3v) is 0.851. The maximum absolute atomic E-state index is 10.3. The van der Waals surface area contributed by atoms with Gasteiger partial charge in [-0.2, -0.15) is 0 Å². The first-order valence-electron chi connectivity index (χ1n) is 2.61. The first-order valence-corrected chi connectivity index (χ1v) is 2.61. The van der Waals surface area contributed by atoms with E-state index in [-0.39, 0.29) is 19.4 Å². The van der Waals surface area contributed by atoms with E-state index in [4.69, 9.17) is 11.0 Å². The van der Waals surface area contributed by atoms with Crippen LogP contribution in [-0.4, -0.2) is 29.1 Å². The van der Waals surface area contributed by atoms with E-state index in [1.54, 1.807) is 0 Å². The monoisotopic (exact) mass is 147 g/mol. The molecule has 0 heterocycles. The van der Waals surface area contributed by atoms with E-state index in [9.17, 15) is 9.59 Å². The summed E-state index contributed by atoms with van der Waals surface area (Å²) >= 11 is 0. The lowest BCUT2D eigenvalue weighted by molar-refractivity contribution is -0.150. The van der Waals surface area contributed by atoms with E-state index < -0.39 is 5.91 Å². The number of amides is 2. The summed E-state index contributed by atoms with van der Waals surface area (Å²) in [6, 6.07) is 0. The Bertz CT molecular complexity index is 127. The Morgan fingerprint density at radius 2 is 2.40 bits per heavy atom. The van der Waals surface area contributed by atoms with Crippen molar-refractivity contribution in [1.29, 1.82) is 0 Å². The molecule has 4 N–H and O–H groups in total. The third kappa shape index (κ3) is 3.81. The van der Waals surface area contributed by atoms with E-state index >= 15 is 0 Å². The van der Waals surface area contributed by atoms with Gasteiger partial charge in [-0.3, -0.25) is 20.2 Å². The number of hydrogen-bond donors (Lipinski definition) is 3. The Hall–Kier alpha value is -1.14. The molecular formula is C4H9N3O3. The van der Waals surface area contributed by atoms with E-state index in [1.807, 2.05) is 5.43 Å². The van der Waals surface area contributed by atoms with Crippen molar-refractivity contribution in [3.05, 3.63) is 0 Å². The van der Waals surface area contributed by atoms with Crippen LogP contribution in [-0.2, 0) is 9.59 Å². The number of hydrazine groups is 1. The maximum atomic E-state index is 10.3. The lowest BCUT2D eigenvalue weighted by Gasteiger charge is -2.05. The van der Waals surface area contributed by atoms with Gasteiger partial charge in [0.15, 0.2) is 0 Å². The molecule has 0 aromatic rings. The zero-order chi connectivity index (χ0) is 7.98. The number of carbonyl (C=O) groups excluding carboxylic acids is 2. The van der Waals surface area contributed by atoms with Crippen LogP contribution in [0.1, 0.15) is 6.42 Å². The number of nitrogens with two attached hydrogens (primary N) is 1. The molecule has 0 aromatic heterocycles. The van der Waals surface area contributed by atoms with Crippen molar-refractivity contribution in [2.24, 2.45) is 5.84 Å². The Labute approximate surface area is 57.5 Å². The SMILES string of the molecule is NNC(=O)CCN(O)C=O. The molecule has 0 aliphatic heterocycles. The summed E-state index contributed by atoms with van der Waals surface area (Å²) in [5, 5.41) is 8.82. The van der Waals surface area contributed by atoms with Gasteiger partial charge >= 0.3 is 0 Å². The number of hydroxylamine groups is 2. The van der Waals surface area contributed by atoms with Gasteiger partial charge in [-0.15, -0.1) is 0 Å². The van der Waals surface area contributed by atoms with Crippen molar-refractivity contribution in [1.82, 2.24) is 10.5 Å². The van der Waals surface area contributed by atoms with Crippen LogP contribution in [0.4, 0.5) is 0 Å². The fourth-order valence-corrected chi connectivity index (χ4v) is 0.341. The summed E-state index contributed by atoms with van der Waals surface area (Å²) in [7, 11) is 0. The van der Waals surface area contributed by atoms with Crippen LogP contribution in [0.5, 0.6) is 0 Å². The Balaban J connectivity index is 3.34. The molecule has 2 amide bonds. The molecule has 0 fully saturated rings. The summed E-state index contributed by atoms with van der Waals surface area (Å²) in [6.45, 7) is -0.0491. The average Bonchev–Trinajstić information content (AvgIpc) is 1.99. The number of nitrogens with one attached hydrogen (secondary N) is 1. The number of carbonyl (C=O) groups is 2. The largest absolute Gasteiger partial charge is 0.294 e. The quantitative estimate of drug-likeness (QED) is 0.144. The minimum absolute atomic E-state index is 0.00819. The summed E-state index contributed by atoms with van der Waals surface area (Å²) in [4.78, 5) is 20.1. The van der Waals surface area contributed by atoms with Crippen LogP contribution in [0, 0.1) is 0 Å². The summed E-state index contributed by atoms with van der Waals surface area (Å²) in [5.41, 5.74) is 1.85. The molecule has 0 unspecified atom stereocenters. The molecule has 6 nitrogen and oxygen atoms in total. The van der Waals surface area contributed by atoms with Crippen LogP contribution < -0.4 is 11.3 Å². The fourth-order valence-electron chi connectivity index (χ4n) is 0.341. The molecule has 10 heavy (non-hydrogen) atoms. The van der Waals surface area contributed by atoms with Crippen LogP contribution in [0.2, 0.25) is 0 Å². The van der Waals surface area contributed by atoms with Gasteiger partial charge in [0, 0.05) is 6.42 Å². The van der Waals surface area contributed by atoms with E-state index in [0.29, 0.717) is 5.06 Å². The minimum atomic E-state index is -0.430. The molecular weight excluding hydrogens is 138 g/mol. The highest BCUT2D eigenvalue weighted by Crippen LogP contribution is 1.80. The number of hydrogen-bond acceptors (Lipinski definition) is 4. The molecule has 0 aromatic carbocycles. The first kappa shape index (κ1) is 8.86. The van der Waals surface area contributed by atoms with Gasteiger partial charge in [0.2, 0.25) is 12.3 Å². The molecule has 0 saturated carbocycles. The molecule has 0 aliphatic carbocycles. The van der Waals surface area contributed by atoms with Crippen LogP contribution in [0.3, 0.4) is 0 Å². The van der Waals surface area contributed by atoms with Crippen molar-refractivity contribution in [2.45, 2.75) is 6.42 Å². The van der Waals surface area contributed by atoms with Crippen molar-refractivity contribution < 1.29 is 14.8 Å². The second-order valence-corrected chi connectivity index (χ2v) is 1.59. The topological polar surface area (TPSA) is 95.7 Å². The minimum Gasteiger partial charge on any atom is -0.294 e. The average molecular weight is 147 g/mol. The predicted molar refractivity (Wildman–Crippen MR) is 31.5 cm³/mol. The van der Waals surface area contributed by atoms with Crippen LogP contribution >= 0.6 is 0 Å². The van der Waals surface area contributed by atoms with Crippen molar-refractivity contribution >= 4 is 12.3 Å². The molecule has 0 rings (SSSR count). The van der Waals surface area contributed by atoms with Gasteiger partial charge in [0.05, 0.1) is 6.54 Å². The van der Waals surface area contributed by atoms with E-state index in [0.717, 1.165) is 0 Å². The molecule has 0 radical (unpaired) electrons. The van der Waals surface area contributed by atoms with Crippen molar-refractivity contribution in [3.63, 3.8) is 0 Å². The Kier molecular flexibility index (Phi) is 4.17. The standard InChI is InChI=1S/C4H9N3O3/c5-6-4(9)1-2-7(10)3-8/h3,10H,1-2,5H2,(H,6,9). The molecule has 0 bridgehead atoms. The summed E-state index contributed by atoms with van der Waals surface area (Å²) in [6.07, 6.45) is 0.204. The molecule has 0 saturated heterocycles. The van der Waals surface area contributed by atoms with Crippen molar-refractivity contribution in [3.8, 4) is 0 Å². The normalized spacial score (nSPS) is 8.60. The molecule has 0 spiro atoms. The lowest BCUT2D eigenvalue weighted by atomic mass is 10.4. The van der Waals surface area contributed by atoms with Gasteiger partial charge in [-0.1, -0.05) is 0 Å². The Morgan fingerprint density at radius 1 is 1.80 bits per heavy atom. The molecule has 58 valence electrons. The maximum Gasteiger partial charge on any atom is 0.235 e. The highest BCUT2D eigenvalue weighted by atomic mass is 16.5. The van der Waals surface area contributed by atoms with Crippen LogP contribution in [0.15, 0.2) is 0 Å². The van der Waals surface area contributed by atoms with E-state index in [1.165, 1.54) is 0 Å².